The smallest absolute Gasteiger partial charge is 0.422 e. The van der Waals surface area contributed by atoms with Crippen LogP contribution in [0, 0.1) is 0 Å². The molecule has 0 aliphatic heterocycles. The van der Waals surface area contributed by atoms with Crippen molar-refractivity contribution in [3.63, 3.8) is 0 Å². The topological polar surface area (TPSA) is 101 Å². The average molecular weight is 466 g/mol. The van der Waals surface area contributed by atoms with E-state index in [0.717, 1.165) is 24.6 Å². The number of hydrogen-bond donors (Lipinski definition) is 3. The zero-order valence-electron chi connectivity index (χ0n) is 16.8. The van der Waals surface area contributed by atoms with Crippen molar-refractivity contribution in [1.82, 2.24) is 20.3 Å². The summed E-state index contributed by atoms with van der Waals surface area (Å²) in [5.41, 5.74) is -1.00. The Bertz CT molecular complexity index is 906. The van der Waals surface area contributed by atoms with Gasteiger partial charge in [0.15, 0.2) is 6.61 Å². The van der Waals surface area contributed by atoms with E-state index in [2.05, 4.69) is 35.6 Å². The van der Waals surface area contributed by atoms with Crippen LogP contribution in [0.2, 0.25) is 0 Å². The van der Waals surface area contributed by atoms with Crippen molar-refractivity contribution < 1.29 is 35.9 Å². The summed E-state index contributed by atoms with van der Waals surface area (Å²) in [6.45, 7) is 0.732. The number of amides is 1. The van der Waals surface area contributed by atoms with Gasteiger partial charge in [0.25, 0.3) is 0 Å². The fourth-order valence-electron chi connectivity index (χ4n) is 2.25. The average Bonchev–Trinajstić information content (AvgIpc) is 2.70. The summed E-state index contributed by atoms with van der Waals surface area (Å²) in [5, 5.41) is 7.77. The molecule has 0 fully saturated rings. The summed E-state index contributed by atoms with van der Waals surface area (Å²) in [5.74, 6) is -0.839. The summed E-state index contributed by atoms with van der Waals surface area (Å²) < 4.78 is 80.6. The van der Waals surface area contributed by atoms with Gasteiger partial charge in [0, 0.05) is 25.2 Å². The molecule has 0 spiro atoms. The largest absolute Gasteiger partial charge is 0.454 e. The van der Waals surface area contributed by atoms with Gasteiger partial charge in [-0.3, -0.25) is 4.79 Å². The number of hydrogen-bond acceptors (Lipinski definition) is 7. The highest BCUT2D eigenvalue weighted by molar-refractivity contribution is 5.76. The van der Waals surface area contributed by atoms with Crippen molar-refractivity contribution in [2.24, 2.45) is 0 Å². The number of rotatable bonds is 10. The van der Waals surface area contributed by atoms with Crippen LogP contribution in [0.5, 0.6) is 6.01 Å². The predicted octanol–water partition coefficient (Wildman–Crippen LogP) is 3.90. The van der Waals surface area contributed by atoms with E-state index in [1.807, 2.05) is 6.92 Å². The highest BCUT2D eigenvalue weighted by Crippen LogP contribution is 2.31. The number of ether oxygens (including phenoxy) is 1. The van der Waals surface area contributed by atoms with Crippen LogP contribution >= 0.6 is 0 Å². The molecule has 32 heavy (non-hydrogen) atoms. The van der Waals surface area contributed by atoms with Gasteiger partial charge in [0.05, 0.1) is 5.56 Å². The third-order valence-corrected chi connectivity index (χ3v) is 3.63. The maximum Gasteiger partial charge on any atom is 0.422 e. The molecule has 0 unspecified atom stereocenters. The number of halogens is 6. The third-order valence-electron chi connectivity index (χ3n) is 3.63. The van der Waals surface area contributed by atoms with Gasteiger partial charge in [-0.05, 0) is 24.6 Å². The molecule has 0 atom stereocenters. The van der Waals surface area contributed by atoms with Gasteiger partial charge in [-0.1, -0.05) is 13.0 Å². The highest BCUT2D eigenvalue weighted by Gasteiger charge is 2.31. The maximum absolute atomic E-state index is 12.9. The summed E-state index contributed by atoms with van der Waals surface area (Å²) in [4.78, 5) is 22.9. The highest BCUT2D eigenvalue weighted by atomic mass is 19.4. The molecule has 0 bridgehead atoms. The molecule has 0 radical (unpaired) electrons. The van der Waals surface area contributed by atoms with Crippen LogP contribution in [-0.4, -0.2) is 46.7 Å². The molecule has 176 valence electrons. The van der Waals surface area contributed by atoms with Crippen LogP contribution < -0.4 is 20.7 Å². The standard InChI is InChI=1S/C18H20F6N6O2/c1-2-7-25-13(31)6-8-26-14-28-15(30-16(29-14)32-10-17(19,20)21)27-12-5-3-4-11(9-12)18(22,23)24/h3-5,9H,2,6-8,10H2,1H3,(H,25,31)(H2,26,27,28,29,30). The first-order chi connectivity index (χ1) is 15.0. The van der Waals surface area contributed by atoms with E-state index in [0.29, 0.717) is 6.54 Å². The third kappa shape index (κ3) is 8.81. The van der Waals surface area contributed by atoms with Crippen LogP contribution in [0.25, 0.3) is 0 Å². The number of carbonyl (C=O) groups is 1. The van der Waals surface area contributed by atoms with E-state index in [4.69, 9.17) is 0 Å². The Hall–Kier alpha value is -3.32. The normalized spacial score (nSPS) is 11.7. The fraction of sp³-hybridized carbons (Fsp3) is 0.444. The van der Waals surface area contributed by atoms with Crippen LogP contribution in [-0.2, 0) is 11.0 Å². The first-order valence-corrected chi connectivity index (χ1v) is 9.37. The van der Waals surface area contributed by atoms with Crippen LogP contribution in [0.15, 0.2) is 24.3 Å². The molecule has 1 aromatic heterocycles. The molecule has 14 heteroatoms. The van der Waals surface area contributed by atoms with Crippen molar-refractivity contribution in [2.75, 3.05) is 30.3 Å². The molecule has 0 saturated heterocycles. The number of alkyl halides is 6. The lowest BCUT2D eigenvalue weighted by Crippen LogP contribution is -2.26. The minimum Gasteiger partial charge on any atom is -0.454 e. The lowest BCUT2D eigenvalue weighted by atomic mass is 10.2. The molecule has 3 N–H and O–H groups in total. The van der Waals surface area contributed by atoms with Gasteiger partial charge < -0.3 is 20.7 Å². The number of aromatic nitrogens is 3. The van der Waals surface area contributed by atoms with E-state index in [-0.39, 0.29) is 36.5 Å². The maximum atomic E-state index is 12.9. The molecular formula is C18H20F6N6O2. The van der Waals surface area contributed by atoms with Gasteiger partial charge in [-0.2, -0.15) is 41.3 Å². The van der Waals surface area contributed by atoms with Gasteiger partial charge in [-0.15, -0.1) is 0 Å². The molecule has 8 nitrogen and oxygen atoms in total. The second-order valence-electron chi connectivity index (χ2n) is 6.40. The van der Waals surface area contributed by atoms with E-state index >= 15 is 0 Å². The van der Waals surface area contributed by atoms with Gasteiger partial charge in [0.2, 0.25) is 17.8 Å². The number of anilines is 3. The van der Waals surface area contributed by atoms with Crippen LogP contribution in [0.3, 0.4) is 0 Å². The quantitative estimate of drug-likeness (QED) is 0.457. The van der Waals surface area contributed by atoms with Crippen LogP contribution in [0.4, 0.5) is 43.9 Å². The first kappa shape index (κ1) is 24.9. The van der Waals surface area contributed by atoms with Gasteiger partial charge in [0.1, 0.15) is 0 Å². The minimum atomic E-state index is -4.66. The number of nitrogens with one attached hydrogen (secondary N) is 3. The second-order valence-corrected chi connectivity index (χ2v) is 6.40. The second kappa shape index (κ2) is 10.8. The first-order valence-electron chi connectivity index (χ1n) is 9.37. The van der Waals surface area contributed by atoms with Crippen LogP contribution in [0.1, 0.15) is 25.3 Å². The molecule has 1 amide bonds. The Balaban J connectivity index is 2.17. The predicted molar refractivity (Wildman–Crippen MR) is 103 cm³/mol. The Morgan fingerprint density at radius 2 is 1.75 bits per heavy atom. The molecular weight excluding hydrogens is 446 g/mol. The number of benzene rings is 1. The van der Waals surface area contributed by atoms with E-state index in [1.165, 1.54) is 6.07 Å². The van der Waals surface area contributed by atoms with Gasteiger partial charge >= 0.3 is 18.4 Å². The Kier molecular flexibility index (Phi) is 8.43. The van der Waals surface area contributed by atoms with E-state index < -0.39 is 30.5 Å². The van der Waals surface area contributed by atoms with Crippen molar-refractivity contribution in [3.8, 4) is 6.01 Å². The van der Waals surface area contributed by atoms with E-state index in [9.17, 15) is 31.1 Å². The van der Waals surface area contributed by atoms with Crippen molar-refractivity contribution >= 4 is 23.5 Å². The number of carbonyl (C=O) groups excluding carboxylic acids is 1. The van der Waals surface area contributed by atoms with E-state index in [1.54, 1.807) is 0 Å². The Morgan fingerprint density at radius 1 is 1.03 bits per heavy atom. The van der Waals surface area contributed by atoms with Crippen molar-refractivity contribution in [2.45, 2.75) is 32.1 Å². The number of nitrogens with zero attached hydrogens (tertiary/aromatic N) is 3. The summed E-state index contributed by atoms with van der Waals surface area (Å²) >= 11 is 0. The van der Waals surface area contributed by atoms with Crippen molar-refractivity contribution in [3.05, 3.63) is 29.8 Å². The van der Waals surface area contributed by atoms with Crippen molar-refractivity contribution in [1.29, 1.82) is 0 Å². The lowest BCUT2D eigenvalue weighted by molar-refractivity contribution is -0.154. The minimum absolute atomic E-state index is 0.0286. The molecule has 2 aromatic rings. The summed E-state index contributed by atoms with van der Waals surface area (Å²) in [6, 6.07) is 3.37. The molecule has 0 aliphatic rings. The molecule has 2 rings (SSSR count). The molecule has 1 aromatic carbocycles. The Morgan fingerprint density at radius 3 is 2.41 bits per heavy atom. The summed E-state index contributed by atoms with van der Waals surface area (Å²) in [6.07, 6.45) is -8.48. The zero-order chi connectivity index (χ0) is 23.8. The van der Waals surface area contributed by atoms with Gasteiger partial charge in [-0.25, -0.2) is 0 Å². The summed E-state index contributed by atoms with van der Waals surface area (Å²) in [7, 11) is 0. The molecule has 0 aliphatic carbocycles. The fourth-order valence-corrected chi connectivity index (χ4v) is 2.25. The zero-order valence-corrected chi connectivity index (χ0v) is 16.8. The monoisotopic (exact) mass is 466 g/mol. The molecule has 0 saturated carbocycles. The Labute approximate surface area is 178 Å². The SMILES string of the molecule is CCCNC(=O)CCNc1nc(Nc2cccc(C(F)(F)F)c2)nc(OCC(F)(F)F)n1. The lowest BCUT2D eigenvalue weighted by Gasteiger charge is -2.13. The molecule has 1 heterocycles.